The molecule has 0 N–H and O–H groups in total. The quantitative estimate of drug-likeness (QED) is 0.193. The van der Waals surface area contributed by atoms with E-state index < -0.39 is 0 Å². The van der Waals surface area contributed by atoms with Gasteiger partial charge in [-0.25, -0.2) is 15.0 Å². The predicted molar refractivity (Wildman–Crippen MR) is 202 cm³/mol. The molecular formula is C45H26N4O. The third kappa shape index (κ3) is 3.80. The maximum atomic E-state index is 6.99. The average molecular weight is 639 g/mol. The molecule has 0 amide bonds. The third-order valence-electron chi connectivity index (χ3n) is 9.99. The maximum absolute atomic E-state index is 6.99. The molecule has 3 aromatic heterocycles. The Kier molecular flexibility index (Phi) is 5.60. The molecule has 0 atom stereocenters. The Hall–Kier alpha value is -6.85. The van der Waals surface area contributed by atoms with Crippen molar-refractivity contribution < 1.29 is 4.42 Å². The highest BCUT2D eigenvalue weighted by atomic mass is 16.3. The largest absolute Gasteiger partial charge is 0.454 e. The first-order valence-corrected chi connectivity index (χ1v) is 16.8. The normalized spacial score (nSPS) is 12.0. The fourth-order valence-electron chi connectivity index (χ4n) is 7.84. The second-order valence-corrected chi connectivity index (χ2v) is 12.8. The predicted octanol–water partition coefficient (Wildman–Crippen LogP) is 11.5. The average Bonchev–Trinajstić information content (AvgIpc) is 3.70. The van der Waals surface area contributed by atoms with E-state index in [9.17, 15) is 0 Å². The summed E-state index contributed by atoms with van der Waals surface area (Å²) in [5, 5.41) is 4.42. The van der Waals surface area contributed by atoms with E-state index in [1.165, 1.54) is 27.4 Å². The van der Waals surface area contributed by atoms with Crippen LogP contribution in [0.25, 0.3) is 106 Å². The van der Waals surface area contributed by atoms with Crippen LogP contribution in [0.3, 0.4) is 0 Å². The zero-order chi connectivity index (χ0) is 32.8. The Labute approximate surface area is 286 Å². The van der Waals surface area contributed by atoms with E-state index in [4.69, 9.17) is 19.4 Å². The van der Waals surface area contributed by atoms with Gasteiger partial charge in [0.05, 0.1) is 16.7 Å². The monoisotopic (exact) mass is 638 g/mol. The number of aromatic nitrogens is 4. The summed E-state index contributed by atoms with van der Waals surface area (Å²) in [4.78, 5) is 15.4. The number of benzene rings is 7. The van der Waals surface area contributed by atoms with Crippen molar-refractivity contribution >= 4 is 43.7 Å². The van der Waals surface area contributed by atoms with Gasteiger partial charge in [-0.3, -0.25) is 0 Å². The standard InChI is InChI=1S/C45H26N4O/c1-3-14-27(15-4-1)43-46-44(28-16-5-2-6-17-28)48-45(47-43)36-26-35-30-19-8-7-18-29(30)32-22-13-23-33-31-20-9-11-24-37(31)49(40(32)33)41(35)42-39(36)34-21-10-12-25-38(34)50-42/h1-26H. The summed E-state index contributed by atoms with van der Waals surface area (Å²) in [5.41, 5.74) is 12.3. The maximum Gasteiger partial charge on any atom is 0.164 e. The second kappa shape index (κ2) is 10.3. The van der Waals surface area contributed by atoms with E-state index in [-0.39, 0.29) is 0 Å². The SMILES string of the molecule is c1ccc(-c2nc(-c3ccccc3)nc(-c3cc4c(c5oc6ccccc6c35)-n3c5ccccc5c5cccc(c53)-c3ccccc3-4)n2)cc1. The number of para-hydroxylation sites is 3. The van der Waals surface area contributed by atoms with Crippen molar-refractivity contribution in [1.82, 2.24) is 19.5 Å². The molecule has 0 saturated carbocycles. The highest BCUT2D eigenvalue weighted by Crippen LogP contribution is 2.51. The van der Waals surface area contributed by atoms with Crippen molar-refractivity contribution in [2.75, 3.05) is 0 Å². The van der Waals surface area contributed by atoms with Crippen LogP contribution in [0.5, 0.6) is 0 Å². The lowest BCUT2D eigenvalue weighted by atomic mass is 9.91. The molecule has 0 unspecified atom stereocenters. The second-order valence-electron chi connectivity index (χ2n) is 12.8. The van der Waals surface area contributed by atoms with Gasteiger partial charge in [-0.05, 0) is 29.3 Å². The van der Waals surface area contributed by atoms with Gasteiger partial charge in [-0.1, -0.05) is 140 Å². The van der Waals surface area contributed by atoms with E-state index in [0.29, 0.717) is 17.5 Å². The highest BCUT2D eigenvalue weighted by molar-refractivity contribution is 6.22. The van der Waals surface area contributed by atoms with Gasteiger partial charge in [0.25, 0.3) is 0 Å². The number of rotatable bonds is 3. The van der Waals surface area contributed by atoms with Crippen LogP contribution in [0.15, 0.2) is 162 Å². The zero-order valence-electron chi connectivity index (χ0n) is 26.7. The van der Waals surface area contributed by atoms with Gasteiger partial charge in [-0.15, -0.1) is 0 Å². The molecule has 0 radical (unpaired) electrons. The minimum Gasteiger partial charge on any atom is -0.454 e. The molecule has 1 aliphatic heterocycles. The third-order valence-corrected chi connectivity index (χ3v) is 9.99. The molecule has 0 spiro atoms. The van der Waals surface area contributed by atoms with E-state index >= 15 is 0 Å². The number of furan rings is 1. The van der Waals surface area contributed by atoms with Crippen molar-refractivity contribution in [2.24, 2.45) is 0 Å². The van der Waals surface area contributed by atoms with Crippen LogP contribution in [-0.4, -0.2) is 19.5 Å². The highest BCUT2D eigenvalue weighted by Gasteiger charge is 2.30. The number of hydrogen-bond donors (Lipinski definition) is 0. The molecule has 4 heterocycles. The number of hydrogen-bond acceptors (Lipinski definition) is 4. The van der Waals surface area contributed by atoms with Crippen LogP contribution in [0.1, 0.15) is 0 Å². The van der Waals surface area contributed by atoms with Crippen molar-refractivity contribution in [3.05, 3.63) is 158 Å². The van der Waals surface area contributed by atoms with Gasteiger partial charge in [0.2, 0.25) is 0 Å². The molecule has 10 aromatic rings. The lowest BCUT2D eigenvalue weighted by Gasteiger charge is -2.16. The molecular weight excluding hydrogens is 613 g/mol. The molecule has 11 rings (SSSR count). The Morgan fingerprint density at radius 3 is 1.72 bits per heavy atom. The van der Waals surface area contributed by atoms with E-state index in [1.54, 1.807) is 0 Å². The van der Waals surface area contributed by atoms with Gasteiger partial charge < -0.3 is 8.98 Å². The van der Waals surface area contributed by atoms with Crippen LogP contribution >= 0.6 is 0 Å². The molecule has 5 nitrogen and oxygen atoms in total. The molecule has 7 aromatic carbocycles. The number of fused-ring (bicyclic) bond motifs is 12. The first kappa shape index (κ1) is 27.1. The van der Waals surface area contributed by atoms with Gasteiger partial charge in [0, 0.05) is 49.4 Å². The Morgan fingerprint density at radius 1 is 0.420 bits per heavy atom. The van der Waals surface area contributed by atoms with Gasteiger partial charge in [0.1, 0.15) is 5.58 Å². The van der Waals surface area contributed by atoms with Crippen LogP contribution in [0.2, 0.25) is 0 Å². The van der Waals surface area contributed by atoms with E-state index in [2.05, 4.69) is 89.5 Å². The summed E-state index contributed by atoms with van der Waals surface area (Å²) < 4.78 is 9.40. The van der Waals surface area contributed by atoms with Crippen LogP contribution in [0.4, 0.5) is 0 Å². The smallest absolute Gasteiger partial charge is 0.164 e. The molecule has 0 aliphatic carbocycles. The Bertz CT molecular complexity index is 2920. The number of nitrogens with zero attached hydrogens (tertiary/aromatic N) is 4. The molecule has 0 saturated heterocycles. The topological polar surface area (TPSA) is 56.7 Å². The van der Waals surface area contributed by atoms with E-state index in [1.807, 2.05) is 72.8 Å². The molecule has 50 heavy (non-hydrogen) atoms. The van der Waals surface area contributed by atoms with Crippen molar-refractivity contribution in [2.45, 2.75) is 0 Å². The molecule has 5 heteroatoms. The molecule has 0 bridgehead atoms. The van der Waals surface area contributed by atoms with Gasteiger partial charge in [-0.2, -0.15) is 0 Å². The Balaban J connectivity index is 1.34. The molecule has 1 aliphatic rings. The van der Waals surface area contributed by atoms with Crippen molar-refractivity contribution in [3.63, 3.8) is 0 Å². The molecule has 232 valence electrons. The van der Waals surface area contributed by atoms with Crippen LogP contribution < -0.4 is 0 Å². The van der Waals surface area contributed by atoms with Gasteiger partial charge in [0.15, 0.2) is 23.1 Å². The molecule has 0 fully saturated rings. The Morgan fingerprint density at radius 2 is 0.980 bits per heavy atom. The summed E-state index contributed by atoms with van der Waals surface area (Å²) >= 11 is 0. The lowest BCUT2D eigenvalue weighted by Crippen LogP contribution is -2.02. The fraction of sp³-hybridized carbons (Fsp3) is 0. The minimum atomic E-state index is 0.596. The van der Waals surface area contributed by atoms with Crippen LogP contribution in [-0.2, 0) is 0 Å². The van der Waals surface area contributed by atoms with Crippen molar-refractivity contribution in [3.8, 4) is 62.1 Å². The van der Waals surface area contributed by atoms with Crippen molar-refractivity contribution in [1.29, 1.82) is 0 Å². The fourth-order valence-corrected chi connectivity index (χ4v) is 7.84. The first-order valence-electron chi connectivity index (χ1n) is 16.8. The summed E-state index contributed by atoms with van der Waals surface area (Å²) in [6.07, 6.45) is 0. The summed E-state index contributed by atoms with van der Waals surface area (Å²) in [5.74, 6) is 1.84. The first-order chi connectivity index (χ1) is 24.8. The summed E-state index contributed by atoms with van der Waals surface area (Å²) in [6, 6.07) is 54.8. The summed E-state index contributed by atoms with van der Waals surface area (Å²) in [7, 11) is 0. The van der Waals surface area contributed by atoms with Gasteiger partial charge >= 0.3 is 0 Å². The minimum absolute atomic E-state index is 0.596. The van der Waals surface area contributed by atoms with E-state index in [0.717, 1.165) is 61.0 Å². The van der Waals surface area contributed by atoms with Crippen LogP contribution in [0, 0.1) is 0 Å². The lowest BCUT2D eigenvalue weighted by molar-refractivity contribution is 0.666. The summed E-state index contributed by atoms with van der Waals surface area (Å²) in [6.45, 7) is 0. The zero-order valence-corrected chi connectivity index (χ0v) is 26.7.